The molecule has 1 saturated heterocycles. The number of nitrogens with zero attached hydrogens (tertiary/aromatic N) is 1. The highest BCUT2D eigenvalue weighted by atomic mass is 32.2. The second-order valence-electron chi connectivity index (χ2n) is 6.46. The molecule has 0 aliphatic carbocycles. The Morgan fingerprint density at radius 2 is 1.73 bits per heavy atom. The van der Waals surface area contributed by atoms with Gasteiger partial charge in [-0.05, 0) is 60.7 Å². The number of nitrogens with two attached hydrogens (primary N) is 1. The lowest BCUT2D eigenvalue weighted by Crippen LogP contribution is -2.29. The number of halogens is 2. The van der Waals surface area contributed by atoms with Crippen LogP contribution in [0.1, 0.15) is 22.3 Å². The maximum absolute atomic E-state index is 13.3. The topological polar surface area (TPSA) is 80.5 Å². The van der Waals surface area contributed by atoms with Crippen LogP contribution in [0.4, 0.5) is 8.78 Å². The summed E-state index contributed by atoms with van der Waals surface area (Å²) in [5.74, 6) is -1.32. The average Bonchev–Trinajstić information content (AvgIpc) is 3.01. The molecule has 0 saturated carbocycles. The lowest BCUT2D eigenvalue weighted by molar-refractivity contribution is 0.0787. The van der Waals surface area contributed by atoms with Crippen molar-refractivity contribution in [3.05, 3.63) is 65.2 Å². The molecule has 0 bridgehead atoms. The predicted octanol–water partition coefficient (Wildman–Crippen LogP) is 2.32. The van der Waals surface area contributed by atoms with Crippen LogP contribution < -0.4 is 5.14 Å². The highest BCUT2D eigenvalue weighted by Crippen LogP contribution is 2.23. The molecule has 5 nitrogen and oxygen atoms in total. The van der Waals surface area contributed by atoms with E-state index in [1.54, 1.807) is 4.90 Å². The zero-order valence-corrected chi connectivity index (χ0v) is 14.7. The van der Waals surface area contributed by atoms with E-state index in [2.05, 4.69) is 0 Å². The molecule has 1 atom stereocenters. The van der Waals surface area contributed by atoms with E-state index < -0.39 is 21.7 Å². The van der Waals surface area contributed by atoms with Crippen LogP contribution in [0.5, 0.6) is 0 Å². The highest BCUT2D eigenvalue weighted by Gasteiger charge is 2.27. The minimum atomic E-state index is -3.80. The van der Waals surface area contributed by atoms with E-state index in [1.165, 1.54) is 36.4 Å². The van der Waals surface area contributed by atoms with Crippen molar-refractivity contribution in [1.29, 1.82) is 0 Å². The van der Waals surface area contributed by atoms with Crippen molar-refractivity contribution >= 4 is 15.9 Å². The van der Waals surface area contributed by atoms with Gasteiger partial charge < -0.3 is 4.90 Å². The molecule has 2 aromatic rings. The molecular weight excluding hydrogens is 362 g/mol. The molecule has 1 aliphatic heterocycles. The number of likely N-dealkylation sites (tertiary alicyclic amines) is 1. The molecule has 2 N–H and O–H groups in total. The largest absolute Gasteiger partial charge is 0.338 e. The van der Waals surface area contributed by atoms with Gasteiger partial charge >= 0.3 is 0 Å². The van der Waals surface area contributed by atoms with Crippen molar-refractivity contribution in [2.24, 2.45) is 11.1 Å². The molecule has 8 heteroatoms. The van der Waals surface area contributed by atoms with Crippen LogP contribution in [0.25, 0.3) is 0 Å². The van der Waals surface area contributed by atoms with Crippen molar-refractivity contribution < 1.29 is 22.0 Å². The van der Waals surface area contributed by atoms with E-state index in [4.69, 9.17) is 5.14 Å². The first-order chi connectivity index (χ1) is 12.2. The maximum atomic E-state index is 13.3. The van der Waals surface area contributed by atoms with E-state index in [0.29, 0.717) is 30.6 Å². The fraction of sp³-hybridized carbons (Fsp3) is 0.278. The average molecular weight is 380 g/mol. The quantitative estimate of drug-likeness (QED) is 0.884. The van der Waals surface area contributed by atoms with E-state index in [-0.39, 0.29) is 16.7 Å². The molecule has 1 aliphatic rings. The van der Waals surface area contributed by atoms with Crippen LogP contribution >= 0.6 is 0 Å². The summed E-state index contributed by atoms with van der Waals surface area (Å²) in [6, 6.07) is 8.89. The molecular formula is C18H18F2N2O3S. The monoisotopic (exact) mass is 380 g/mol. The molecule has 26 heavy (non-hydrogen) atoms. The molecule has 1 heterocycles. The zero-order valence-electron chi connectivity index (χ0n) is 13.9. The molecule has 1 unspecified atom stereocenters. The lowest BCUT2D eigenvalue weighted by Gasteiger charge is -2.17. The Bertz CT molecular complexity index is 910. The first kappa shape index (κ1) is 18.5. The number of carbonyl (C=O) groups is 1. The molecule has 0 spiro atoms. The maximum Gasteiger partial charge on any atom is 0.253 e. The summed E-state index contributed by atoms with van der Waals surface area (Å²) in [7, 11) is -3.80. The second kappa shape index (κ2) is 7.13. The van der Waals surface area contributed by atoms with E-state index in [1.807, 2.05) is 0 Å². The highest BCUT2D eigenvalue weighted by molar-refractivity contribution is 7.89. The van der Waals surface area contributed by atoms with Crippen LogP contribution in [0.15, 0.2) is 47.4 Å². The molecule has 0 aromatic heterocycles. The van der Waals surface area contributed by atoms with Gasteiger partial charge in [0.15, 0.2) is 0 Å². The summed E-state index contributed by atoms with van der Waals surface area (Å²) < 4.78 is 49.1. The van der Waals surface area contributed by atoms with Gasteiger partial charge in [-0.3, -0.25) is 4.79 Å². The first-order valence-corrected chi connectivity index (χ1v) is 9.64. The van der Waals surface area contributed by atoms with Gasteiger partial charge in [-0.2, -0.15) is 0 Å². The molecule has 3 rings (SSSR count). The molecule has 1 fully saturated rings. The molecule has 0 radical (unpaired) electrons. The Morgan fingerprint density at radius 3 is 2.31 bits per heavy atom. The fourth-order valence-corrected chi connectivity index (χ4v) is 3.73. The van der Waals surface area contributed by atoms with Gasteiger partial charge in [-0.15, -0.1) is 0 Å². The third kappa shape index (κ3) is 4.25. The lowest BCUT2D eigenvalue weighted by atomic mass is 9.98. The summed E-state index contributed by atoms with van der Waals surface area (Å²) in [4.78, 5) is 14.1. The molecule has 2 aromatic carbocycles. The van der Waals surface area contributed by atoms with Gasteiger partial charge in [0, 0.05) is 24.7 Å². The number of benzene rings is 2. The number of rotatable bonds is 4. The summed E-state index contributed by atoms with van der Waals surface area (Å²) in [6.07, 6.45) is 1.22. The van der Waals surface area contributed by atoms with Gasteiger partial charge in [-0.1, -0.05) is 0 Å². The Morgan fingerprint density at radius 1 is 1.12 bits per heavy atom. The summed E-state index contributed by atoms with van der Waals surface area (Å²) in [6.45, 7) is 1.02. The van der Waals surface area contributed by atoms with Gasteiger partial charge in [0.1, 0.15) is 11.6 Å². The summed E-state index contributed by atoms with van der Waals surface area (Å²) >= 11 is 0. The van der Waals surface area contributed by atoms with Gasteiger partial charge in [0.2, 0.25) is 10.0 Å². The third-order valence-corrected chi connectivity index (χ3v) is 5.38. The predicted molar refractivity (Wildman–Crippen MR) is 91.9 cm³/mol. The van der Waals surface area contributed by atoms with Crippen molar-refractivity contribution in [2.75, 3.05) is 13.1 Å². The minimum Gasteiger partial charge on any atom is -0.338 e. The number of sulfonamides is 1. The van der Waals surface area contributed by atoms with Gasteiger partial charge in [-0.25, -0.2) is 22.3 Å². The van der Waals surface area contributed by atoms with Crippen LogP contribution in [0.2, 0.25) is 0 Å². The Labute approximate surface area is 150 Å². The number of carbonyl (C=O) groups excluding carboxylic acids is 1. The molecule has 138 valence electrons. The van der Waals surface area contributed by atoms with E-state index in [0.717, 1.165) is 12.5 Å². The number of primary sulfonamides is 1. The van der Waals surface area contributed by atoms with Crippen LogP contribution in [0, 0.1) is 17.6 Å². The van der Waals surface area contributed by atoms with E-state index in [9.17, 15) is 22.0 Å². The number of hydrogen-bond acceptors (Lipinski definition) is 3. The Kier molecular flexibility index (Phi) is 5.06. The van der Waals surface area contributed by atoms with Gasteiger partial charge in [0.25, 0.3) is 5.91 Å². The normalized spacial score (nSPS) is 17.5. The van der Waals surface area contributed by atoms with Crippen LogP contribution in [-0.4, -0.2) is 32.3 Å². The smallest absolute Gasteiger partial charge is 0.253 e. The SMILES string of the molecule is NS(=O)(=O)c1ccc(C(=O)N2CCC(Cc3cc(F)cc(F)c3)C2)cc1. The summed E-state index contributed by atoms with van der Waals surface area (Å²) in [5, 5.41) is 5.04. The minimum absolute atomic E-state index is 0.0542. The van der Waals surface area contributed by atoms with Crippen molar-refractivity contribution in [3.63, 3.8) is 0 Å². The van der Waals surface area contributed by atoms with Crippen molar-refractivity contribution in [3.8, 4) is 0 Å². The summed E-state index contributed by atoms with van der Waals surface area (Å²) in [5.41, 5.74) is 0.939. The number of hydrogen-bond donors (Lipinski definition) is 1. The van der Waals surface area contributed by atoms with Crippen molar-refractivity contribution in [1.82, 2.24) is 4.90 Å². The fourth-order valence-electron chi connectivity index (χ4n) is 3.22. The Balaban J connectivity index is 1.65. The van der Waals surface area contributed by atoms with Crippen LogP contribution in [-0.2, 0) is 16.4 Å². The van der Waals surface area contributed by atoms with Crippen LogP contribution in [0.3, 0.4) is 0 Å². The third-order valence-electron chi connectivity index (χ3n) is 4.45. The standard InChI is InChI=1S/C18H18F2N2O3S/c19-15-8-13(9-16(20)10-15)7-12-5-6-22(11-12)18(23)14-1-3-17(4-2-14)26(21,24)25/h1-4,8-10,12H,5-7,11H2,(H2,21,24,25). The Hall–Kier alpha value is -2.32. The van der Waals surface area contributed by atoms with E-state index >= 15 is 0 Å². The van der Waals surface area contributed by atoms with Gasteiger partial charge in [0.05, 0.1) is 4.90 Å². The zero-order chi connectivity index (χ0) is 18.9. The number of amides is 1. The van der Waals surface area contributed by atoms with Crippen molar-refractivity contribution in [2.45, 2.75) is 17.7 Å². The first-order valence-electron chi connectivity index (χ1n) is 8.09. The molecule has 1 amide bonds. The second-order valence-corrected chi connectivity index (χ2v) is 8.02.